The quantitative estimate of drug-likeness (QED) is 0.403. The Morgan fingerprint density at radius 1 is 1.03 bits per heavy atom. The molecule has 31 heavy (non-hydrogen) atoms. The zero-order chi connectivity index (χ0) is 22.8. The summed E-state index contributed by atoms with van der Waals surface area (Å²) in [6.45, 7) is 3.24. The number of carbonyl (C=O) groups is 1. The number of ether oxygens (including phenoxy) is 3. The molecule has 9 nitrogen and oxygen atoms in total. The Balaban J connectivity index is 1.54. The maximum absolute atomic E-state index is 12.5. The monoisotopic (exact) mass is 440 g/mol. The van der Waals surface area contributed by atoms with E-state index in [2.05, 4.69) is 0 Å². The van der Waals surface area contributed by atoms with Gasteiger partial charge in [0.2, 0.25) is 6.29 Å². The second-order valence-corrected chi connectivity index (χ2v) is 8.96. The molecule has 1 aromatic carbocycles. The highest BCUT2D eigenvalue weighted by atomic mass is 16.7. The fraction of sp³-hybridized carbons (Fsp3) is 0.682. The van der Waals surface area contributed by atoms with E-state index in [0.29, 0.717) is 12.8 Å². The van der Waals surface area contributed by atoms with E-state index in [1.807, 2.05) is 0 Å². The van der Waals surface area contributed by atoms with E-state index in [4.69, 9.17) is 14.2 Å². The van der Waals surface area contributed by atoms with Gasteiger partial charge < -0.3 is 39.7 Å². The Kier molecular flexibility index (Phi) is 7.43. The summed E-state index contributed by atoms with van der Waals surface area (Å²) in [6.07, 6.45) is -4.27. The summed E-state index contributed by atoms with van der Waals surface area (Å²) in [5.41, 5.74) is -0.779. The summed E-state index contributed by atoms with van der Waals surface area (Å²) < 4.78 is 16.4. The first-order chi connectivity index (χ1) is 14.6. The molecule has 1 aromatic rings. The summed E-state index contributed by atoms with van der Waals surface area (Å²) in [5, 5.41) is 50.1. The maximum Gasteiger partial charge on any atom is 0.309 e. The number of hydrogen-bond donors (Lipinski definition) is 5. The van der Waals surface area contributed by atoms with E-state index in [-0.39, 0.29) is 29.9 Å². The van der Waals surface area contributed by atoms with Gasteiger partial charge in [0.1, 0.15) is 42.5 Å². The number of carbonyl (C=O) groups excluding carboxylic acids is 1. The summed E-state index contributed by atoms with van der Waals surface area (Å²) >= 11 is 0. The van der Waals surface area contributed by atoms with Crippen molar-refractivity contribution in [2.24, 2.45) is 11.8 Å². The molecule has 3 rings (SSSR count). The van der Waals surface area contributed by atoms with Gasteiger partial charge in [0.15, 0.2) is 0 Å². The number of esters is 1. The van der Waals surface area contributed by atoms with Gasteiger partial charge in [-0.25, -0.2) is 0 Å². The zero-order valence-electron chi connectivity index (χ0n) is 17.8. The predicted octanol–water partition coefficient (Wildman–Crippen LogP) is 0.699. The highest BCUT2D eigenvalue weighted by Crippen LogP contribution is 2.36. The predicted molar refractivity (Wildman–Crippen MR) is 108 cm³/mol. The van der Waals surface area contributed by atoms with Crippen LogP contribution in [0.2, 0.25) is 0 Å². The highest BCUT2D eigenvalue weighted by molar-refractivity contribution is 5.72. The molecule has 1 saturated carbocycles. The van der Waals surface area contributed by atoms with Crippen LogP contribution in [0.25, 0.3) is 0 Å². The molecule has 1 aliphatic heterocycles. The van der Waals surface area contributed by atoms with Gasteiger partial charge in [0.25, 0.3) is 0 Å². The van der Waals surface area contributed by atoms with Crippen molar-refractivity contribution in [3.8, 4) is 11.5 Å². The van der Waals surface area contributed by atoms with Gasteiger partial charge in [-0.3, -0.25) is 4.79 Å². The van der Waals surface area contributed by atoms with E-state index in [1.165, 1.54) is 24.3 Å². The summed E-state index contributed by atoms with van der Waals surface area (Å²) in [7, 11) is 0. The third-order valence-electron chi connectivity index (χ3n) is 6.21. The van der Waals surface area contributed by atoms with Crippen LogP contribution in [0.4, 0.5) is 0 Å². The molecular formula is C22H32O9. The normalized spacial score (nSPS) is 34.2. The number of rotatable bonds is 6. The van der Waals surface area contributed by atoms with Crippen LogP contribution in [0.1, 0.15) is 39.5 Å². The van der Waals surface area contributed by atoms with E-state index in [9.17, 15) is 30.3 Å². The molecule has 0 spiro atoms. The summed E-state index contributed by atoms with van der Waals surface area (Å²) in [6, 6.07) is 5.70. The van der Waals surface area contributed by atoms with Crippen LogP contribution in [0.5, 0.6) is 11.5 Å². The van der Waals surface area contributed by atoms with Crippen LogP contribution < -0.4 is 4.74 Å². The molecule has 0 bridgehead atoms. The molecule has 0 unspecified atom stereocenters. The number of aromatic hydroxyl groups is 1. The minimum atomic E-state index is -1.55. The molecule has 0 aromatic heterocycles. The average molecular weight is 440 g/mol. The van der Waals surface area contributed by atoms with E-state index >= 15 is 0 Å². The van der Waals surface area contributed by atoms with Crippen LogP contribution >= 0.6 is 0 Å². The number of phenolic OH excluding ortho intramolecular Hbond substituents is 1. The lowest BCUT2D eigenvalue weighted by atomic mass is 9.75. The Bertz CT molecular complexity index is 721. The van der Waals surface area contributed by atoms with Crippen molar-refractivity contribution in [3.63, 3.8) is 0 Å². The fourth-order valence-electron chi connectivity index (χ4n) is 4.13. The first kappa shape index (κ1) is 23.7. The number of hydrogen-bond acceptors (Lipinski definition) is 9. The molecule has 5 N–H and O–H groups in total. The molecule has 1 aliphatic carbocycles. The Hall–Kier alpha value is -1.91. The largest absolute Gasteiger partial charge is 0.508 e. The minimum Gasteiger partial charge on any atom is -0.508 e. The van der Waals surface area contributed by atoms with E-state index in [0.717, 1.165) is 12.8 Å². The number of benzene rings is 1. The lowest BCUT2D eigenvalue weighted by Gasteiger charge is -2.40. The van der Waals surface area contributed by atoms with E-state index < -0.39 is 42.3 Å². The van der Waals surface area contributed by atoms with Crippen LogP contribution in [0.15, 0.2) is 24.3 Å². The topological polar surface area (TPSA) is 146 Å². The van der Waals surface area contributed by atoms with Crippen molar-refractivity contribution < 1.29 is 44.5 Å². The summed E-state index contributed by atoms with van der Waals surface area (Å²) in [5.74, 6) is -0.256. The molecule has 1 saturated heterocycles. The SMILES string of the molecule is CC(C)(O)C1CCC(C(=O)OC[C@H]2O[C@@H](Oc3ccc(O)cc3)[C@H](O)[C@@H](O)[C@@H]2O)CC1. The van der Waals surface area contributed by atoms with Crippen molar-refractivity contribution in [3.05, 3.63) is 24.3 Å². The van der Waals surface area contributed by atoms with Gasteiger partial charge in [0.05, 0.1) is 11.5 Å². The Labute approximate surface area is 181 Å². The third-order valence-corrected chi connectivity index (χ3v) is 6.21. The molecule has 2 aliphatic rings. The van der Waals surface area contributed by atoms with Crippen LogP contribution in [-0.2, 0) is 14.3 Å². The van der Waals surface area contributed by atoms with Gasteiger partial charge in [0, 0.05) is 0 Å². The van der Waals surface area contributed by atoms with Gasteiger partial charge in [-0.1, -0.05) is 0 Å². The van der Waals surface area contributed by atoms with Gasteiger partial charge >= 0.3 is 5.97 Å². The van der Waals surface area contributed by atoms with Crippen molar-refractivity contribution >= 4 is 5.97 Å². The molecule has 2 fully saturated rings. The number of aliphatic hydroxyl groups is 4. The first-order valence-corrected chi connectivity index (χ1v) is 10.6. The third kappa shape index (κ3) is 5.87. The lowest BCUT2D eigenvalue weighted by Crippen LogP contribution is -2.60. The Morgan fingerprint density at radius 2 is 1.65 bits per heavy atom. The van der Waals surface area contributed by atoms with Gasteiger partial charge in [-0.05, 0) is 69.7 Å². The van der Waals surface area contributed by atoms with Crippen molar-refractivity contribution in [2.75, 3.05) is 6.61 Å². The highest BCUT2D eigenvalue weighted by Gasteiger charge is 2.45. The smallest absolute Gasteiger partial charge is 0.309 e. The van der Waals surface area contributed by atoms with E-state index in [1.54, 1.807) is 13.8 Å². The first-order valence-electron chi connectivity index (χ1n) is 10.6. The van der Waals surface area contributed by atoms with Gasteiger partial charge in [-0.2, -0.15) is 0 Å². The number of aliphatic hydroxyl groups excluding tert-OH is 3. The standard InChI is InChI=1S/C22H32O9/c1-22(2,28)13-5-3-12(4-6-13)20(27)29-11-16-17(24)18(25)19(26)21(31-16)30-15-9-7-14(23)8-10-15/h7-10,12-13,16-19,21,23-26,28H,3-6,11H2,1-2H3/t12?,13?,16-,17-,18+,19-,21-/m1/s1. The molecule has 1 heterocycles. The Morgan fingerprint density at radius 3 is 2.23 bits per heavy atom. The van der Waals surface area contributed by atoms with Gasteiger partial charge in [-0.15, -0.1) is 0 Å². The summed E-state index contributed by atoms with van der Waals surface area (Å²) in [4.78, 5) is 12.5. The molecule has 0 amide bonds. The molecule has 5 atom stereocenters. The van der Waals surface area contributed by atoms with Crippen LogP contribution in [0.3, 0.4) is 0 Å². The van der Waals surface area contributed by atoms with Crippen molar-refractivity contribution in [2.45, 2.75) is 75.8 Å². The van der Waals surface area contributed by atoms with Crippen LogP contribution in [0, 0.1) is 11.8 Å². The van der Waals surface area contributed by atoms with Crippen LogP contribution in [-0.4, -0.2) is 74.4 Å². The maximum atomic E-state index is 12.5. The number of phenols is 1. The molecule has 174 valence electrons. The fourth-order valence-corrected chi connectivity index (χ4v) is 4.13. The lowest BCUT2D eigenvalue weighted by molar-refractivity contribution is -0.278. The van der Waals surface area contributed by atoms with Crippen molar-refractivity contribution in [1.82, 2.24) is 0 Å². The molecule has 0 radical (unpaired) electrons. The molecular weight excluding hydrogens is 408 g/mol. The second-order valence-electron chi connectivity index (χ2n) is 8.96. The average Bonchev–Trinajstić information content (AvgIpc) is 2.74. The second kappa shape index (κ2) is 9.70. The van der Waals surface area contributed by atoms with Crippen molar-refractivity contribution in [1.29, 1.82) is 0 Å². The zero-order valence-corrected chi connectivity index (χ0v) is 17.8. The minimum absolute atomic E-state index is 0.0364. The molecule has 9 heteroatoms.